The van der Waals surface area contributed by atoms with Crippen LogP contribution in [0.15, 0.2) is 42.6 Å². The number of hydrogen-bond acceptors (Lipinski definition) is 5. The van der Waals surface area contributed by atoms with Gasteiger partial charge in [-0.05, 0) is 37.7 Å². The number of nitrogens with zero attached hydrogens (tertiary/aromatic N) is 4. The molecular formula is C23H29N5O2. The highest BCUT2D eigenvalue weighted by Gasteiger charge is 2.34. The Morgan fingerprint density at radius 1 is 1.10 bits per heavy atom. The van der Waals surface area contributed by atoms with Crippen molar-refractivity contribution in [2.75, 3.05) is 49.6 Å². The maximum Gasteiger partial charge on any atom is 0.227 e. The maximum atomic E-state index is 12.6. The van der Waals surface area contributed by atoms with Crippen molar-refractivity contribution in [2.24, 2.45) is 5.92 Å². The van der Waals surface area contributed by atoms with Gasteiger partial charge >= 0.3 is 0 Å². The summed E-state index contributed by atoms with van der Waals surface area (Å²) in [6.45, 7) is 6.90. The molecule has 0 radical (unpaired) electrons. The first kappa shape index (κ1) is 20.3. The summed E-state index contributed by atoms with van der Waals surface area (Å²) < 4.78 is 0. The lowest BCUT2D eigenvalue weighted by Gasteiger charge is -2.33. The summed E-state index contributed by atoms with van der Waals surface area (Å²) in [4.78, 5) is 35.9. The Labute approximate surface area is 177 Å². The van der Waals surface area contributed by atoms with Crippen molar-refractivity contribution in [1.82, 2.24) is 15.2 Å². The Morgan fingerprint density at radius 3 is 2.50 bits per heavy atom. The molecule has 2 aromatic rings. The number of likely N-dealkylation sites (N-methyl/N-ethyl adjacent to an activating group) is 1. The van der Waals surface area contributed by atoms with Crippen molar-refractivity contribution in [3.8, 4) is 0 Å². The minimum Gasteiger partial charge on any atom is -0.354 e. The Bertz CT molecular complexity index is 889. The fraction of sp³-hybridized carbons (Fsp3) is 0.435. The monoisotopic (exact) mass is 407 g/mol. The van der Waals surface area contributed by atoms with Crippen LogP contribution in [-0.2, 0) is 16.1 Å². The number of rotatable bonds is 5. The van der Waals surface area contributed by atoms with Gasteiger partial charge in [-0.2, -0.15) is 0 Å². The topological polar surface area (TPSA) is 68.8 Å². The number of amides is 2. The molecule has 0 bridgehead atoms. The lowest BCUT2D eigenvalue weighted by atomic mass is 10.1. The molecule has 2 amide bonds. The SMILES string of the molecule is Cc1ccc(N2CC(C(=O)NCc3ccc(N4CCN(C)CC4)nc3)CC2=O)cc1. The molecule has 1 atom stereocenters. The minimum atomic E-state index is -0.323. The summed E-state index contributed by atoms with van der Waals surface area (Å²) >= 11 is 0. The molecular weight excluding hydrogens is 378 g/mol. The standard InChI is InChI=1S/C23H29N5O2/c1-17-3-6-20(7-4-17)28-16-19(13-22(28)29)23(30)25-15-18-5-8-21(24-14-18)27-11-9-26(2)10-12-27/h3-8,14,19H,9-13,15-16H2,1-2H3,(H,25,30). The van der Waals surface area contributed by atoms with Gasteiger partial charge in [0.2, 0.25) is 11.8 Å². The van der Waals surface area contributed by atoms with Gasteiger partial charge in [-0.3, -0.25) is 9.59 Å². The summed E-state index contributed by atoms with van der Waals surface area (Å²) in [5.74, 6) is 0.572. The van der Waals surface area contributed by atoms with Crippen LogP contribution in [0, 0.1) is 12.8 Å². The van der Waals surface area contributed by atoms with Gasteiger partial charge in [0.25, 0.3) is 0 Å². The molecule has 1 aromatic heterocycles. The average Bonchev–Trinajstić information content (AvgIpc) is 3.15. The summed E-state index contributed by atoms with van der Waals surface area (Å²) in [7, 11) is 2.13. The van der Waals surface area contributed by atoms with E-state index in [1.54, 1.807) is 4.90 Å². The van der Waals surface area contributed by atoms with Crippen molar-refractivity contribution in [3.63, 3.8) is 0 Å². The zero-order valence-corrected chi connectivity index (χ0v) is 17.7. The molecule has 1 aromatic carbocycles. The van der Waals surface area contributed by atoms with E-state index in [2.05, 4.69) is 27.1 Å². The molecule has 1 N–H and O–H groups in total. The number of hydrogen-bond donors (Lipinski definition) is 1. The molecule has 2 aliphatic heterocycles. The van der Waals surface area contributed by atoms with Crippen LogP contribution in [0.3, 0.4) is 0 Å². The van der Waals surface area contributed by atoms with Crippen LogP contribution in [0.2, 0.25) is 0 Å². The van der Waals surface area contributed by atoms with Crippen LogP contribution in [-0.4, -0.2) is 61.5 Å². The molecule has 0 aliphatic carbocycles. The molecule has 158 valence electrons. The van der Waals surface area contributed by atoms with Gasteiger partial charge in [0.05, 0.1) is 5.92 Å². The fourth-order valence-electron chi connectivity index (χ4n) is 3.93. The Hall–Kier alpha value is -2.93. The predicted octanol–water partition coefficient (Wildman–Crippen LogP) is 1.81. The Morgan fingerprint density at radius 2 is 1.83 bits per heavy atom. The molecule has 1 unspecified atom stereocenters. The highest BCUT2D eigenvalue weighted by molar-refractivity contribution is 6.00. The van der Waals surface area contributed by atoms with E-state index in [4.69, 9.17) is 0 Å². The Kier molecular flexibility index (Phi) is 5.99. The third-order valence-corrected chi connectivity index (χ3v) is 5.94. The zero-order valence-electron chi connectivity index (χ0n) is 17.7. The fourth-order valence-corrected chi connectivity index (χ4v) is 3.93. The van der Waals surface area contributed by atoms with Crippen molar-refractivity contribution in [2.45, 2.75) is 19.9 Å². The summed E-state index contributed by atoms with van der Waals surface area (Å²) in [6.07, 6.45) is 2.08. The highest BCUT2D eigenvalue weighted by atomic mass is 16.2. The van der Waals surface area contributed by atoms with Gasteiger partial charge in [-0.25, -0.2) is 4.98 Å². The molecule has 0 spiro atoms. The van der Waals surface area contributed by atoms with Crippen molar-refractivity contribution in [3.05, 3.63) is 53.7 Å². The number of aryl methyl sites for hydroxylation is 1. The molecule has 7 nitrogen and oxygen atoms in total. The summed E-state index contributed by atoms with van der Waals surface area (Å²) in [5.41, 5.74) is 2.96. The Balaban J connectivity index is 1.29. The van der Waals surface area contributed by atoms with E-state index in [0.29, 0.717) is 13.1 Å². The first-order valence-corrected chi connectivity index (χ1v) is 10.5. The quantitative estimate of drug-likeness (QED) is 0.819. The molecule has 0 saturated carbocycles. The lowest BCUT2D eigenvalue weighted by Crippen LogP contribution is -2.44. The van der Waals surface area contributed by atoms with E-state index in [1.165, 1.54) is 0 Å². The van der Waals surface area contributed by atoms with Gasteiger partial charge in [-0.1, -0.05) is 23.8 Å². The first-order valence-electron chi connectivity index (χ1n) is 10.5. The van der Waals surface area contributed by atoms with Gasteiger partial charge in [-0.15, -0.1) is 0 Å². The lowest BCUT2D eigenvalue weighted by molar-refractivity contribution is -0.126. The normalized spacial score (nSPS) is 19.9. The molecule has 3 heterocycles. The van der Waals surface area contributed by atoms with Crippen molar-refractivity contribution in [1.29, 1.82) is 0 Å². The van der Waals surface area contributed by atoms with E-state index >= 15 is 0 Å². The number of aromatic nitrogens is 1. The number of piperazine rings is 1. The maximum absolute atomic E-state index is 12.6. The molecule has 2 aliphatic rings. The summed E-state index contributed by atoms with van der Waals surface area (Å²) in [5, 5.41) is 2.97. The van der Waals surface area contributed by atoms with Crippen LogP contribution in [0.4, 0.5) is 11.5 Å². The smallest absolute Gasteiger partial charge is 0.227 e. The molecule has 7 heteroatoms. The van der Waals surface area contributed by atoms with Crippen LogP contribution in [0.25, 0.3) is 0 Å². The van der Waals surface area contributed by atoms with E-state index in [-0.39, 0.29) is 24.2 Å². The number of carbonyl (C=O) groups is 2. The number of anilines is 2. The second-order valence-corrected chi connectivity index (χ2v) is 8.27. The van der Waals surface area contributed by atoms with E-state index in [0.717, 1.165) is 48.8 Å². The summed E-state index contributed by atoms with van der Waals surface area (Å²) in [6, 6.07) is 11.9. The van der Waals surface area contributed by atoms with Gasteiger partial charge in [0.1, 0.15) is 5.82 Å². The molecule has 30 heavy (non-hydrogen) atoms. The predicted molar refractivity (Wildman–Crippen MR) is 117 cm³/mol. The van der Waals surface area contributed by atoms with Gasteiger partial charge in [0.15, 0.2) is 0 Å². The second-order valence-electron chi connectivity index (χ2n) is 8.27. The largest absolute Gasteiger partial charge is 0.354 e. The van der Waals surface area contributed by atoms with E-state index in [1.807, 2.05) is 49.5 Å². The number of carbonyl (C=O) groups excluding carboxylic acids is 2. The minimum absolute atomic E-state index is 0.00259. The third-order valence-electron chi connectivity index (χ3n) is 5.94. The third kappa shape index (κ3) is 4.62. The number of pyridine rings is 1. The molecule has 2 saturated heterocycles. The van der Waals surface area contributed by atoms with Crippen molar-refractivity contribution >= 4 is 23.3 Å². The highest BCUT2D eigenvalue weighted by Crippen LogP contribution is 2.25. The second kappa shape index (κ2) is 8.83. The van der Waals surface area contributed by atoms with Crippen molar-refractivity contribution < 1.29 is 9.59 Å². The van der Waals surface area contributed by atoms with Gasteiger partial charge < -0.3 is 20.0 Å². The van der Waals surface area contributed by atoms with E-state index in [9.17, 15) is 9.59 Å². The zero-order chi connectivity index (χ0) is 21.1. The van der Waals surface area contributed by atoms with Crippen LogP contribution in [0.1, 0.15) is 17.5 Å². The average molecular weight is 408 g/mol. The van der Waals surface area contributed by atoms with E-state index < -0.39 is 0 Å². The first-order chi connectivity index (χ1) is 14.5. The molecule has 2 fully saturated rings. The molecule has 4 rings (SSSR count). The number of benzene rings is 1. The van der Waals surface area contributed by atoms with Crippen LogP contribution < -0.4 is 15.1 Å². The number of nitrogens with one attached hydrogen (secondary N) is 1. The van der Waals surface area contributed by atoms with Crippen LogP contribution >= 0.6 is 0 Å². The van der Waals surface area contributed by atoms with Gasteiger partial charge in [0, 0.05) is 57.6 Å². The van der Waals surface area contributed by atoms with Crippen LogP contribution in [0.5, 0.6) is 0 Å².